The van der Waals surface area contributed by atoms with Gasteiger partial charge in [0, 0.05) is 72.3 Å². The van der Waals surface area contributed by atoms with Crippen LogP contribution in [0.25, 0.3) is 59.9 Å². The Balaban J connectivity index is 0.898. The molecule has 214 valence electrons. The predicted molar refractivity (Wildman–Crippen MR) is 197 cm³/mol. The lowest BCUT2D eigenvalue weighted by Gasteiger charge is -1.91. The van der Waals surface area contributed by atoms with Crippen LogP contribution in [0.2, 0.25) is 0 Å². The highest BCUT2D eigenvalue weighted by Gasteiger charge is 2.12. The summed E-state index contributed by atoms with van der Waals surface area (Å²) in [6.45, 7) is 0. The molecule has 8 heterocycles. The van der Waals surface area contributed by atoms with E-state index in [0.717, 1.165) is 22.5 Å². The van der Waals surface area contributed by atoms with Crippen molar-refractivity contribution in [3.63, 3.8) is 0 Å². The molecule has 10 heteroatoms. The lowest BCUT2D eigenvalue weighted by atomic mass is 10.2. The maximum absolute atomic E-state index is 4.28. The predicted octanol–water partition coefficient (Wildman–Crippen LogP) is 12.2. The molecular formula is C34H22N4S6. The molecule has 2 N–H and O–H groups in total. The van der Waals surface area contributed by atoms with Crippen molar-refractivity contribution in [2.75, 3.05) is 0 Å². The van der Waals surface area contributed by atoms with Crippen LogP contribution in [0.1, 0.15) is 11.4 Å². The molecule has 8 rings (SSSR count). The van der Waals surface area contributed by atoms with Gasteiger partial charge in [0.25, 0.3) is 0 Å². The van der Waals surface area contributed by atoms with Crippen LogP contribution in [0.5, 0.6) is 0 Å². The fourth-order valence-electron chi connectivity index (χ4n) is 4.74. The van der Waals surface area contributed by atoms with Gasteiger partial charge >= 0.3 is 0 Å². The van der Waals surface area contributed by atoms with Crippen molar-refractivity contribution >= 4 is 80.4 Å². The van der Waals surface area contributed by atoms with Gasteiger partial charge in [-0.25, -0.2) is 0 Å². The molecule has 0 aromatic carbocycles. The van der Waals surface area contributed by atoms with E-state index in [0.29, 0.717) is 0 Å². The van der Waals surface area contributed by atoms with Crippen molar-refractivity contribution < 1.29 is 0 Å². The Labute approximate surface area is 278 Å². The average molecular weight is 679 g/mol. The summed E-state index contributed by atoms with van der Waals surface area (Å²) in [5.41, 5.74) is 4.13. The molecule has 0 saturated carbocycles. The highest BCUT2D eigenvalue weighted by Crippen LogP contribution is 2.42. The number of nitrogens with one attached hydrogen (secondary N) is 2. The zero-order chi connectivity index (χ0) is 29.3. The molecule has 0 aliphatic carbocycles. The Morgan fingerprint density at radius 2 is 0.795 bits per heavy atom. The van der Waals surface area contributed by atoms with E-state index < -0.39 is 0 Å². The Bertz CT molecular complexity index is 2030. The van der Waals surface area contributed by atoms with Crippen molar-refractivity contribution in [3.8, 4) is 59.9 Å². The van der Waals surface area contributed by atoms with Gasteiger partial charge in [0.15, 0.2) is 0 Å². The summed E-state index contributed by atoms with van der Waals surface area (Å²) in [6.07, 6.45) is 7.56. The Morgan fingerprint density at radius 3 is 1.18 bits per heavy atom. The fraction of sp³-hybridized carbons (Fsp3) is 0. The Kier molecular flexibility index (Phi) is 7.69. The first-order valence-electron chi connectivity index (χ1n) is 13.7. The van der Waals surface area contributed by atoms with Crippen LogP contribution in [-0.4, -0.2) is 22.4 Å². The van der Waals surface area contributed by atoms with E-state index in [4.69, 9.17) is 0 Å². The number of H-pyrrole nitrogens is 2. The monoisotopic (exact) mass is 678 g/mol. The molecule has 0 aliphatic rings. The molecule has 0 spiro atoms. The van der Waals surface area contributed by atoms with Gasteiger partial charge < -0.3 is 9.97 Å². The zero-order valence-corrected chi connectivity index (χ0v) is 27.8. The molecule has 0 bridgehead atoms. The summed E-state index contributed by atoms with van der Waals surface area (Å²) in [5.74, 6) is 0. The molecule has 8 aromatic heterocycles. The zero-order valence-electron chi connectivity index (χ0n) is 22.9. The number of hydrogen-bond donors (Lipinski definition) is 2. The van der Waals surface area contributed by atoms with Gasteiger partial charge in [0.1, 0.15) is 0 Å². The number of aromatic amines is 2. The third-order valence-electron chi connectivity index (χ3n) is 6.88. The van der Waals surface area contributed by atoms with E-state index in [2.05, 4.69) is 116 Å². The number of rotatable bonds is 9. The lowest BCUT2D eigenvalue weighted by molar-refractivity contribution is 1.24. The Hall–Kier alpha value is -3.90. The van der Waals surface area contributed by atoms with Crippen LogP contribution >= 0.6 is 68.0 Å². The van der Waals surface area contributed by atoms with Crippen molar-refractivity contribution in [2.45, 2.75) is 0 Å². The average Bonchev–Trinajstić information content (AvgIpc) is 3.91. The second-order valence-corrected chi connectivity index (χ2v) is 16.0. The number of thiophene rings is 6. The van der Waals surface area contributed by atoms with Gasteiger partial charge in [-0.05, 0) is 83.6 Å². The molecule has 0 radical (unpaired) electrons. The molecule has 0 fully saturated rings. The van der Waals surface area contributed by atoms with Crippen LogP contribution in [0.3, 0.4) is 0 Å². The van der Waals surface area contributed by atoms with Crippen LogP contribution in [0.4, 0.5) is 0 Å². The summed E-state index contributed by atoms with van der Waals surface area (Å²) in [5, 5.41) is 12.8. The van der Waals surface area contributed by atoms with E-state index in [-0.39, 0.29) is 0 Å². The first kappa shape index (κ1) is 27.6. The summed E-state index contributed by atoms with van der Waals surface area (Å²) in [6, 6.07) is 30.5. The third kappa shape index (κ3) is 5.80. The number of hydrogen-bond acceptors (Lipinski definition) is 8. The molecule has 0 amide bonds. The van der Waals surface area contributed by atoms with E-state index in [9.17, 15) is 0 Å². The minimum Gasteiger partial charge on any atom is -0.360 e. The minimum atomic E-state index is 0.914. The Morgan fingerprint density at radius 1 is 0.432 bits per heavy atom. The molecule has 44 heavy (non-hydrogen) atoms. The van der Waals surface area contributed by atoms with Crippen LogP contribution in [-0.2, 0) is 0 Å². The van der Waals surface area contributed by atoms with E-state index in [1.807, 2.05) is 35.1 Å². The highest BCUT2D eigenvalue weighted by molar-refractivity contribution is 7.27. The first-order valence-corrected chi connectivity index (χ1v) is 18.7. The molecule has 0 saturated heterocycles. The minimum absolute atomic E-state index is 0.914. The second-order valence-electron chi connectivity index (χ2n) is 9.79. The highest BCUT2D eigenvalue weighted by atomic mass is 32.1. The summed E-state index contributed by atoms with van der Waals surface area (Å²) in [4.78, 5) is 19.5. The van der Waals surface area contributed by atoms with Gasteiger partial charge in [-0.2, -0.15) is 10.2 Å². The van der Waals surface area contributed by atoms with E-state index >= 15 is 0 Å². The largest absolute Gasteiger partial charge is 0.360 e. The molecule has 8 aromatic rings. The SMILES string of the molecule is C(=N\N=C\c1cc(-c2ccc(-c3ccc(-c4cccs4)s3)s2)c[nH]1)/c1cc(-c2ccc(-c3ccc(-c4cccs4)s3)s2)c[nH]1. The molecule has 0 unspecified atom stereocenters. The lowest BCUT2D eigenvalue weighted by Crippen LogP contribution is -1.80. The number of nitrogens with zero attached hydrogens (tertiary/aromatic N) is 2. The van der Waals surface area contributed by atoms with Crippen LogP contribution in [0.15, 0.2) is 118 Å². The van der Waals surface area contributed by atoms with Gasteiger partial charge in [-0.15, -0.1) is 68.0 Å². The summed E-state index contributed by atoms with van der Waals surface area (Å²) in [7, 11) is 0. The maximum atomic E-state index is 4.28. The van der Waals surface area contributed by atoms with Crippen LogP contribution in [0, 0.1) is 0 Å². The normalized spacial score (nSPS) is 11.9. The van der Waals surface area contributed by atoms with Crippen LogP contribution < -0.4 is 0 Å². The second kappa shape index (κ2) is 12.2. The third-order valence-corrected chi connectivity index (χ3v) is 13.8. The van der Waals surface area contributed by atoms with Crippen molar-refractivity contribution in [1.29, 1.82) is 0 Å². The van der Waals surface area contributed by atoms with E-state index in [1.165, 1.54) is 48.8 Å². The molecular weight excluding hydrogens is 657 g/mol. The quantitative estimate of drug-likeness (QED) is 0.113. The molecule has 0 aliphatic heterocycles. The van der Waals surface area contributed by atoms with Gasteiger partial charge in [0.2, 0.25) is 0 Å². The van der Waals surface area contributed by atoms with Crippen molar-refractivity contribution in [1.82, 2.24) is 9.97 Å². The first-order chi connectivity index (χ1) is 21.7. The number of aromatic nitrogens is 2. The van der Waals surface area contributed by atoms with Crippen molar-refractivity contribution in [2.24, 2.45) is 10.2 Å². The van der Waals surface area contributed by atoms with E-state index in [1.54, 1.807) is 57.8 Å². The maximum Gasteiger partial charge on any atom is 0.0730 e. The standard InChI is InChI=1S/C34H22N4S6/c1-3-27(39-13-1)29-9-11-33(43-29)31-7-5-25(41-31)21-15-23(35-17-21)19-37-38-20-24-16-22(18-36-24)26-6-8-32(42-26)34-12-10-30(44-34)28-4-2-14-40-28/h1-20,35-36H/b37-19+,38-20+. The molecule has 4 nitrogen and oxygen atoms in total. The smallest absolute Gasteiger partial charge is 0.0730 e. The summed E-state index contributed by atoms with van der Waals surface area (Å²) < 4.78 is 0. The van der Waals surface area contributed by atoms with Crippen molar-refractivity contribution in [3.05, 3.63) is 119 Å². The van der Waals surface area contributed by atoms with Gasteiger partial charge in [0.05, 0.1) is 23.8 Å². The topological polar surface area (TPSA) is 56.3 Å². The van der Waals surface area contributed by atoms with Gasteiger partial charge in [-0.3, -0.25) is 0 Å². The molecule has 0 atom stereocenters. The fourth-order valence-corrected chi connectivity index (χ4v) is 10.6. The summed E-state index contributed by atoms with van der Waals surface area (Å²) >= 11 is 10.9. The van der Waals surface area contributed by atoms with Gasteiger partial charge in [-0.1, -0.05) is 12.1 Å².